The minimum absolute atomic E-state index is 0.0959. The number of nitrogens with one attached hydrogen (secondary N) is 1. The van der Waals surface area contributed by atoms with E-state index < -0.39 is 0 Å². The molecule has 1 N–H and O–H groups in total. The Hall–Kier alpha value is -2.82. The minimum atomic E-state index is -0.204. The summed E-state index contributed by atoms with van der Waals surface area (Å²) in [7, 11) is 1.82. The maximum Gasteiger partial charge on any atom is 0.222 e. The van der Waals surface area contributed by atoms with Crippen LogP contribution in [0.3, 0.4) is 0 Å². The van der Waals surface area contributed by atoms with E-state index in [0.29, 0.717) is 25.8 Å². The van der Waals surface area contributed by atoms with Gasteiger partial charge in [-0.2, -0.15) is 0 Å². The van der Waals surface area contributed by atoms with Crippen LogP contribution in [0.2, 0.25) is 0 Å². The van der Waals surface area contributed by atoms with Gasteiger partial charge in [0.25, 0.3) is 0 Å². The summed E-state index contributed by atoms with van der Waals surface area (Å²) in [6.45, 7) is 2.62. The van der Waals surface area contributed by atoms with Crippen molar-refractivity contribution in [3.05, 3.63) is 60.2 Å². The number of carbonyl (C=O) groups excluding carboxylic acids is 2. The quantitative estimate of drug-likeness (QED) is 0.744. The Bertz CT molecular complexity index is 804. The van der Waals surface area contributed by atoms with Gasteiger partial charge in [-0.05, 0) is 49.1 Å². The second kappa shape index (κ2) is 8.91. The van der Waals surface area contributed by atoms with Gasteiger partial charge < -0.3 is 15.0 Å². The summed E-state index contributed by atoms with van der Waals surface area (Å²) in [5.41, 5.74) is 0.847. The molecule has 1 aliphatic rings. The zero-order chi connectivity index (χ0) is 20.0. The van der Waals surface area contributed by atoms with Crippen LogP contribution in [0.1, 0.15) is 44.6 Å². The SMILES string of the molecule is CC[C@@]1(CCC(=O)N(C)Cc2ccc(Oc3ccccc3)cc2)CCC(=O)N1. The van der Waals surface area contributed by atoms with Crippen molar-refractivity contribution >= 4 is 11.8 Å². The van der Waals surface area contributed by atoms with Gasteiger partial charge in [0.2, 0.25) is 11.8 Å². The molecule has 2 aromatic rings. The van der Waals surface area contributed by atoms with Gasteiger partial charge in [0.15, 0.2) is 0 Å². The van der Waals surface area contributed by atoms with E-state index in [1.165, 1.54) is 0 Å². The summed E-state index contributed by atoms with van der Waals surface area (Å²) in [6, 6.07) is 17.4. The number of benzene rings is 2. The largest absolute Gasteiger partial charge is 0.457 e. The van der Waals surface area contributed by atoms with E-state index in [0.717, 1.165) is 29.9 Å². The van der Waals surface area contributed by atoms with Gasteiger partial charge in [0, 0.05) is 32.0 Å². The third-order valence-corrected chi connectivity index (χ3v) is 5.48. The summed E-state index contributed by atoms with van der Waals surface area (Å²) < 4.78 is 5.80. The summed E-state index contributed by atoms with van der Waals surface area (Å²) in [5, 5.41) is 3.06. The van der Waals surface area contributed by atoms with Crippen molar-refractivity contribution in [3.8, 4) is 11.5 Å². The topological polar surface area (TPSA) is 58.6 Å². The van der Waals surface area contributed by atoms with Crippen LogP contribution in [0.4, 0.5) is 0 Å². The van der Waals surface area contributed by atoms with Gasteiger partial charge in [-0.25, -0.2) is 0 Å². The van der Waals surface area contributed by atoms with Crippen LogP contribution >= 0.6 is 0 Å². The molecular formula is C23H28N2O3. The first-order chi connectivity index (χ1) is 13.5. The summed E-state index contributed by atoms with van der Waals surface area (Å²) >= 11 is 0. The molecule has 0 bridgehead atoms. The number of para-hydroxylation sites is 1. The van der Waals surface area contributed by atoms with E-state index in [1.54, 1.807) is 4.90 Å². The summed E-state index contributed by atoms with van der Waals surface area (Å²) in [5.74, 6) is 1.76. The molecule has 148 valence electrons. The lowest BCUT2D eigenvalue weighted by atomic mass is 9.88. The Labute approximate surface area is 166 Å². The lowest BCUT2D eigenvalue weighted by Crippen LogP contribution is -2.42. The van der Waals surface area contributed by atoms with E-state index in [1.807, 2.05) is 61.6 Å². The van der Waals surface area contributed by atoms with E-state index in [-0.39, 0.29) is 17.4 Å². The Morgan fingerprint density at radius 3 is 2.39 bits per heavy atom. The lowest BCUT2D eigenvalue weighted by Gasteiger charge is -2.28. The van der Waals surface area contributed by atoms with Crippen molar-refractivity contribution < 1.29 is 14.3 Å². The van der Waals surface area contributed by atoms with Gasteiger partial charge >= 0.3 is 0 Å². The molecule has 2 aromatic carbocycles. The molecule has 5 heteroatoms. The Morgan fingerprint density at radius 1 is 1.11 bits per heavy atom. The molecule has 2 amide bonds. The summed E-state index contributed by atoms with van der Waals surface area (Å²) in [4.78, 5) is 25.8. The third kappa shape index (κ3) is 5.12. The van der Waals surface area contributed by atoms with Crippen molar-refractivity contribution in [1.82, 2.24) is 10.2 Å². The molecule has 1 atom stereocenters. The number of nitrogens with zero attached hydrogens (tertiary/aromatic N) is 1. The zero-order valence-electron chi connectivity index (χ0n) is 16.6. The fraction of sp³-hybridized carbons (Fsp3) is 0.391. The second-order valence-corrected chi connectivity index (χ2v) is 7.49. The predicted octanol–water partition coefficient (Wildman–Crippen LogP) is 4.28. The monoisotopic (exact) mass is 380 g/mol. The first-order valence-electron chi connectivity index (χ1n) is 9.86. The fourth-order valence-electron chi connectivity index (χ4n) is 3.59. The first kappa shape index (κ1) is 19.9. The molecule has 28 heavy (non-hydrogen) atoms. The molecule has 0 aromatic heterocycles. The maximum atomic E-state index is 12.5. The average Bonchev–Trinajstić information content (AvgIpc) is 3.10. The molecule has 3 rings (SSSR count). The predicted molar refractivity (Wildman–Crippen MR) is 109 cm³/mol. The average molecular weight is 380 g/mol. The highest BCUT2D eigenvalue weighted by atomic mass is 16.5. The smallest absolute Gasteiger partial charge is 0.222 e. The van der Waals surface area contributed by atoms with Crippen molar-refractivity contribution in [2.24, 2.45) is 0 Å². The molecule has 0 unspecified atom stereocenters. The number of hydrogen-bond donors (Lipinski definition) is 1. The molecule has 1 saturated heterocycles. The highest BCUT2D eigenvalue weighted by molar-refractivity contribution is 5.80. The minimum Gasteiger partial charge on any atom is -0.457 e. The Morgan fingerprint density at radius 2 is 1.79 bits per heavy atom. The normalized spacial score (nSPS) is 18.6. The van der Waals surface area contributed by atoms with Gasteiger partial charge in [-0.15, -0.1) is 0 Å². The molecule has 5 nitrogen and oxygen atoms in total. The van der Waals surface area contributed by atoms with Crippen molar-refractivity contribution in [3.63, 3.8) is 0 Å². The molecule has 0 radical (unpaired) electrons. The van der Waals surface area contributed by atoms with Crippen LogP contribution in [-0.2, 0) is 16.1 Å². The summed E-state index contributed by atoms with van der Waals surface area (Å²) in [6.07, 6.45) is 3.39. The first-order valence-corrected chi connectivity index (χ1v) is 9.86. The Kier molecular flexibility index (Phi) is 6.34. The molecule has 0 saturated carbocycles. The number of carbonyl (C=O) groups is 2. The van der Waals surface area contributed by atoms with Crippen molar-refractivity contribution in [1.29, 1.82) is 0 Å². The van der Waals surface area contributed by atoms with Crippen LogP contribution in [0.25, 0.3) is 0 Å². The molecule has 1 aliphatic heterocycles. The number of rotatable bonds is 8. The van der Waals surface area contributed by atoms with Gasteiger partial charge in [0.05, 0.1) is 0 Å². The van der Waals surface area contributed by atoms with E-state index >= 15 is 0 Å². The van der Waals surface area contributed by atoms with Crippen LogP contribution in [0.5, 0.6) is 11.5 Å². The van der Waals surface area contributed by atoms with Crippen molar-refractivity contribution in [2.75, 3.05) is 7.05 Å². The van der Waals surface area contributed by atoms with E-state index in [4.69, 9.17) is 4.74 Å². The van der Waals surface area contributed by atoms with Crippen LogP contribution < -0.4 is 10.1 Å². The zero-order valence-corrected chi connectivity index (χ0v) is 16.6. The Balaban J connectivity index is 1.50. The molecule has 0 spiro atoms. The highest BCUT2D eigenvalue weighted by Crippen LogP contribution is 2.29. The highest BCUT2D eigenvalue weighted by Gasteiger charge is 2.36. The standard InChI is InChI=1S/C23H28N2O3/c1-3-23(15-13-21(26)24-23)16-14-22(27)25(2)17-18-9-11-20(12-10-18)28-19-7-5-4-6-8-19/h4-12H,3,13-17H2,1-2H3,(H,24,26)/t23-/m0/s1. The number of hydrogen-bond acceptors (Lipinski definition) is 3. The van der Waals surface area contributed by atoms with Crippen molar-refractivity contribution in [2.45, 2.75) is 51.1 Å². The second-order valence-electron chi connectivity index (χ2n) is 7.49. The lowest BCUT2D eigenvalue weighted by molar-refractivity contribution is -0.131. The van der Waals surface area contributed by atoms with Gasteiger partial charge in [0.1, 0.15) is 11.5 Å². The third-order valence-electron chi connectivity index (χ3n) is 5.48. The van der Waals surface area contributed by atoms with Crippen LogP contribution in [-0.4, -0.2) is 29.3 Å². The van der Waals surface area contributed by atoms with Crippen LogP contribution in [0.15, 0.2) is 54.6 Å². The van der Waals surface area contributed by atoms with E-state index in [2.05, 4.69) is 12.2 Å². The molecule has 0 aliphatic carbocycles. The number of ether oxygens (including phenoxy) is 1. The van der Waals surface area contributed by atoms with Crippen LogP contribution in [0, 0.1) is 0 Å². The molecule has 1 fully saturated rings. The van der Waals surface area contributed by atoms with Gasteiger partial charge in [-0.3, -0.25) is 9.59 Å². The van der Waals surface area contributed by atoms with E-state index in [9.17, 15) is 9.59 Å². The maximum absolute atomic E-state index is 12.5. The van der Waals surface area contributed by atoms with Gasteiger partial charge in [-0.1, -0.05) is 37.3 Å². The molecule has 1 heterocycles. The molecular weight excluding hydrogens is 352 g/mol. The fourth-order valence-corrected chi connectivity index (χ4v) is 3.59. The number of amides is 2.